The first-order valence-electron chi connectivity index (χ1n) is 6.97. The summed E-state index contributed by atoms with van der Waals surface area (Å²) < 4.78 is 13.8. The van der Waals surface area contributed by atoms with Crippen molar-refractivity contribution in [1.29, 1.82) is 0 Å². The largest absolute Gasteiger partial charge is 0.382 e. The van der Waals surface area contributed by atoms with Crippen LogP contribution in [-0.4, -0.2) is 24.8 Å². The Balaban J connectivity index is 1.72. The van der Waals surface area contributed by atoms with Gasteiger partial charge in [-0.1, -0.05) is 41.6 Å². The van der Waals surface area contributed by atoms with Crippen LogP contribution in [0.1, 0.15) is 12.0 Å². The molecule has 3 rings (SSSR count). The lowest BCUT2D eigenvalue weighted by molar-refractivity contribution is -0.128. The zero-order chi connectivity index (χ0) is 15.5. The third-order valence-electron chi connectivity index (χ3n) is 3.60. The van der Waals surface area contributed by atoms with Crippen molar-refractivity contribution in [3.8, 4) is 0 Å². The molecule has 0 aromatic heterocycles. The fourth-order valence-electron chi connectivity index (χ4n) is 2.36. The number of nitrogens with zero attached hydrogens (tertiary/aromatic N) is 2. The van der Waals surface area contributed by atoms with E-state index in [9.17, 15) is 9.18 Å². The van der Waals surface area contributed by atoms with Crippen LogP contribution in [-0.2, 0) is 9.63 Å². The van der Waals surface area contributed by atoms with E-state index in [1.54, 1.807) is 25.2 Å². The van der Waals surface area contributed by atoms with Crippen molar-refractivity contribution in [1.82, 2.24) is 0 Å². The second-order valence-corrected chi connectivity index (χ2v) is 5.05. The predicted molar refractivity (Wildman–Crippen MR) is 82.3 cm³/mol. The van der Waals surface area contributed by atoms with Gasteiger partial charge in [-0.3, -0.25) is 4.79 Å². The van der Waals surface area contributed by atoms with Gasteiger partial charge in [0.05, 0.1) is 5.71 Å². The van der Waals surface area contributed by atoms with Gasteiger partial charge in [0, 0.05) is 24.7 Å². The zero-order valence-corrected chi connectivity index (χ0v) is 12.1. The SMILES string of the molecule is CN(C(=O)[C@@H]1CC(c2ccccc2F)=NO1)c1ccccc1. The third-order valence-corrected chi connectivity index (χ3v) is 3.60. The molecule has 1 aliphatic heterocycles. The first-order chi connectivity index (χ1) is 10.7. The highest BCUT2D eigenvalue weighted by molar-refractivity contribution is 6.06. The van der Waals surface area contributed by atoms with E-state index in [1.165, 1.54) is 11.0 Å². The predicted octanol–water partition coefficient (Wildman–Crippen LogP) is 2.98. The molecule has 0 fully saturated rings. The molecule has 22 heavy (non-hydrogen) atoms. The van der Waals surface area contributed by atoms with Gasteiger partial charge in [0.15, 0.2) is 0 Å². The molecule has 2 aromatic carbocycles. The number of carbonyl (C=O) groups excluding carboxylic acids is 1. The number of anilines is 1. The number of amides is 1. The highest BCUT2D eigenvalue weighted by atomic mass is 19.1. The van der Waals surface area contributed by atoms with Crippen LogP contribution in [0.5, 0.6) is 0 Å². The van der Waals surface area contributed by atoms with Gasteiger partial charge >= 0.3 is 0 Å². The Hall–Kier alpha value is -2.69. The number of benzene rings is 2. The van der Waals surface area contributed by atoms with Crippen LogP contribution in [0.15, 0.2) is 59.8 Å². The summed E-state index contributed by atoms with van der Waals surface area (Å²) in [5.41, 5.74) is 1.61. The van der Waals surface area contributed by atoms with E-state index in [4.69, 9.17) is 4.84 Å². The average molecular weight is 298 g/mol. The molecule has 112 valence electrons. The molecule has 0 N–H and O–H groups in total. The molecule has 1 amide bonds. The van der Waals surface area contributed by atoms with Crippen molar-refractivity contribution in [3.63, 3.8) is 0 Å². The Labute approximate surface area is 127 Å². The number of oxime groups is 1. The number of para-hydroxylation sites is 1. The molecule has 4 nitrogen and oxygen atoms in total. The summed E-state index contributed by atoms with van der Waals surface area (Å²) in [4.78, 5) is 19.2. The Kier molecular flexibility index (Phi) is 3.87. The van der Waals surface area contributed by atoms with Gasteiger partial charge < -0.3 is 9.74 Å². The van der Waals surface area contributed by atoms with E-state index in [-0.39, 0.29) is 18.1 Å². The van der Waals surface area contributed by atoms with Gasteiger partial charge in [0.25, 0.3) is 5.91 Å². The Bertz CT molecular complexity index is 716. The topological polar surface area (TPSA) is 41.9 Å². The van der Waals surface area contributed by atoms with E-state index >= 15 is 0 Å². The van der Waals surface area contributed by atoms with Gasteiger partial charge in [-0.15, -0.1) is 0 Å². The van der Waals surface area contributed by atoms with E-state index in [0.717, 1.165) is 5.69 Å². The van der Waals surface area contributed by atoms with Crippen LogP contribution in [0.25, 0.3) is 0 Å². The van der Waals surface area contributed by atoms with Gasteiger partial charge in [-0.25, -0.2) is 4.39 Å². The summed E-state index contributed by atoms with van der Waals surface area (Å²) in [6, 6.07) is 15.6. The summed E-state index contributed by atoms with van der Waals surface area (Å²) in [6.45, 7) is 0. The van der Waals surface area contributed by atoms with Crippen LogP contribution < -0.4 is 4.90 Å². The van der Waals surface area contributed by atoms with Crippen molar-refractivity contribution in [2.24, 2.45) is 5.16 Å². The number of likely N-dealkylation sites (N-methyl/N-ethyl adjacent to an activating group) is 1. The van der Waals surface area contributed by atoms with E-state index in [2.05, 4.69) is 5.16 Å². The van der Waals surface area contributed by atoms with Crippen molar-refractivity contribution in [2.75, 3.05) is 11.9 Å². The van der Waals surface area contributed by atoms with Crippen molar-refractivity contribution in [2.45, 2.75) is 12.5 Å². The molecule has 0 saturated carbocycles. The van der Waals surface area contributed by atoms with E-state index in [0.29, 0.717) is 11.3 Å². The number of hydrogen-bond donors (Lipinski definition) is 0. The summed E-state index contributed by atoms with van der Waals surface area (Å²) >= 11 is 0. The summed E-state index contributed by atoms with van der Waals surface area (Å²) in [6.07, 6.45) is -0.462. The Morgan fingerprint density at radius 1 is 1.18 bits per heavy atom. The lowest BCUT2D eigenvalue weighted by atomic mass is 10.0. The van der Waals surface area contributed by atoms with Gasteiger partial charge in [0.1, 0.15) is 5.82 Å². The minimum absolute atomic E-state index is 0.207. The highest BCUT2D eigenvalue weighted by Gasteiger charge is 2.32. The third kappa shape index (κ3) is 2.70. The van der Waals surface area contributed by atoms with Gasteiger partial charge in [-0.2, -0.15) is 0 Å². The number of carbonyl (C=O) groups is 1. The molecule has 0 bridgehead atoms. The molecule has 1 atom stereocenters. The fourth-order valence-corrected chi connectivity index (χ4v) is 2.36. The molecule has 1 aliphatic rings. The quantitative estimate of drug-likeness (QED) is 0.874. The fraction of sp³-hybridized carbons (Fsp3) is 0.176. The van der Waals surface area contributed by atoms with Crippen LogP contribution >= 0.6 is 0 Å². The number of rotatable bonds is 3. The maximum atomic E-state index is 13.8. The van der Waals surface area contributed by atoms with Crippen LogP contribution in [0, 0.1) is 5.82 Å². The van der Waals surface area contributed by atoms with Crippen molar-refractivity contribution >= 4 is 17.3 Å². The zero-order valence-electron chi connectivity index (χ0n) is 12.1. The smallest absolute Gasteiger partial charge is 0.271 e. The second-order valence-electron chi connectivity index (χ2n) is 5.05. The number of halogens is 1. The molecule has 0 saturated heterocycles. The maximum absolute atomic E-state index is 13.8. The molecule has 0 aliphatic carbocycles. The van der Waals surface area contributed by atoms with Gasteiger partial charge in [0.2, 0.25) is 6.10 Å². The van der Waals surface area contributed by atoms with Crippen molar-refractivity contribution in [3.05, 3.63) is 66.0 Å². The molecule has 2 aromatic rings. The standard InChI is InChI=1S/C17H15FN2O2/c1-20(12-7-3-2-4-8-12)17(21)16-11-15(19-22-16)13-9-5-6-10-14(13)18/h2-10,16H,11H2,1H3/t16-/m0/s1. The van der Waals surface area contributed by atoms with E-state index in [1.807, 2.05) is 30.3 Å². The lowest BCUT2D eigenvalue weighted by Gasteiger charge is -2.19. The summed E-state index contributed by atoms with van der Waals surface area (Å²) in [7, 11) is 1.68. The molecule has 0 radical (unpaired) electrons. The first kappa shape index (κ1) is 14.3. The minimum Gasteiger partial charge on any atom is -0.382 e. The Morgan fingerprint density at radius 3 is 2.59 bits per heavy atom. The normalized spacial score (nSPS) is 16.8. The Morgan fingerprint density at radius 2 is 1.86 bits per heavy atom. The molecule has 1 heterocycles. The first-order valence-corrected chi connectivity index (χ1v) is 6.97. The van der Waals surface area contributed by atoms with Crippen LogP contribution in [0.4, 0.5) is 10.1 Å². The second kappa shape index (κ2) is 5.97. The maximum Gasteiger partial charge on any atom is 0.271 e. The molecule has 0 unspecified atom stereocenters. The molecular weight excluding hydrogens is 283 g/mol. The highest BCUT2D eigenvalue weighted by Crippen LogP contribution is 2.22. The summed E-state index contributed by atoms with van der Waals surface area (Å²) in [5, 5.41) is 3.87. The average Bonchev–Trinajstić information content (AvgIpc) is 3.04. The van der Waals surface area contributed by atoms with E-state index < -0.39 is 6.10 Å². The minimum atomic E-state index is -0.722. The summed E-state index contributed by atoms with van der Waals surface area (Å²) in [5.74, 6) is -0.573. The number of hydrogen-bond acceptors (Lipinski definition) is 3. The molecule has 5 heteroatoms. The molecular formula is C17H15FN2O2. The van der Waals surface area contributed by atoms with Gasteiger partial charge in [-0.05, 0) is 18.2 Å². The molecule has 0 spiro atoms. The van der Waals surface area contributed by atoms with Crippen LogP contribution in [0.2, 0.25) is 0 Å². The van der Waals surface area contributed by atoms with Crippen molar-refractivity contribution < 1.29 is 14.0 Å². The monoisotopic (exact) mass is 298 g/mol. The lowest BCUT2D eigenvalue weighted by Crippen LogP contribution is -2.36. The van der Waals surface area contributed by atoms with Crippen LogP contribution in [0.3, 0.4) is 0 Å².